The van der Waals surface area contributed by atoms with Crippen LogP contribution >= 0.6 is 46.7 Å². The van der Waals surface area contributed by atoms with Gasteiger partial charge in [0.15, 0.2) is 5.09 Å². The maximum atomic E-state index is 12.4. The van der Waals surface area contributed by atoms with Crippen LogP contribution in [0.1, 0.15) is 25.2 Å². The minimum atomic E-state index is -0.550. The molecule has 0 aliphatic rings. The second-order valence-electron chi connectivity index (χ2n) is 6.78. The molecule has 160 valence electrons. The Bertz CT molecular complexity index is 1100. The number of anilines is 1. The van der Waals surface area contributed by atoms with Crippen molar-refractivity contribution in [2.45, 2.75) is 29.8 Å². The molecule has 0 aliphatic carbocycles. The van der Waals surface area contributed by atoms with Gasteiger partial charge in [-0.15, -0.1) is 0 Å². The molecule has 10 heteroatoms. The van der Waals surface area contributed by atoms with Gasteiger partial charge in [-0.05, 0) is 35.7 Å². The predicted octanol–water partition coefficient (Wildman–Crippen LogP) is 6.37. The van der Waals surface area contributed by atoms with Gasteiger partial charge in [-0.1, -0.05) is 61.1 Å². The van der Waals surface area contributed by atoms with Crippen molar-refractivity contribution >= 4 is 63.8 Å². The number of hydrogen-bond donors (Lipinski definition) is 1. The predicted molar refractivity (Wildman–Crippen MR) is 127 cm³/mol. The fourth-order valence-corrected chi connectivity index (χ4v) is 4.68. The van der Waals surface area contributed by atoms with E-state index >= 15 is 0 Å². The lowest BCUT2D eigenvalue weighted by Gasteiger charge is -2.00. The molecule has 3 aromatic rings. The summed E-state index contributed by atoms with van der Waals surface area (Å²) in [6.45, 7) is 4.23. The number of aromatic nitrogens is 2. The third-order valence-electron chi connectivity index (χ3n) is 3.72. The molecule has 0 saturated heterocycles. The monoisotopic (exact) mass is 490 g/mol. The molecule has 0 spiro atoms. The Morgan fingerprint density at radius 2 is 2.06 bits per heavy atom. The lowest BCUT2D eigenvalue weighted by molar-refractivity contribution is -0.112. The van der Waals surface area contributed by atoms with Gasteiger partial charge >= 0.3 is 0 Å². The fourth-order valence-electron chi connectivity index (χ4n) is 2.24. The Labute approximate surface area is 198 Å². The SMILES string of the molecule is CC(C)CSc1nsc(NC(=O)/C(C#N)=C\c2ccc(SCc3ccc(Cl)cc3)o2)n1. The zero-order valence-corrected chi connectivity index (χ0v) is 20.0. The second-order valence-corrected chi connectivity index (χ2v) is 9.94. The molecule has 1 aromatic carbocycles. The molecule has 1 N–H and O–H groups in total. The number of hydrogen-bond acceptors (Lipinski definition) is 8. The zero-order valence-electron chi connectivity index (χ0n) is 16.8. The molecule has 2 heterocycles. The number of carbonyl (C=O) groups is 1. The Morgan fingerprint density at radius 1 is 1.29 bits per heavy atom. The average molecular weight is 491 g/mol. The van der Waals surface area contributed by atoms with Crippen LogP contribution < -0.4 is 5.32 Å². The van der Waals surface area contributed by atoms with E-state index in [9.17, 15) is 10.1 Å². The first kappa shape index (κ1) is 23.4. The van der Waals surface area contributed by atoms with Gasteiger partial charge in [0.05, 0.1) is 0 Å². The van der Waals surface area contributed by atoms with E-state index in [2.05, 4.69) is 28.5 Å². The number of carbonyl (C=O) groups excluding carboxylic acids is 1. The highest BCUT2D eigenvalue weighted by atomic mass is 35.5. The van der Waals surface area contributed by atoms with Gasteiger partial charge in [0, 0.05) is 34.1 Å². The summed E-state index contributed by atoms with van der Waals surface area (Å²) in [5.74, 6) is 2.00. The Balaban J connectivity index is 1.59. The quantitative estimate of drug-likeness (QED) is 0.211. The lowest BCUT2D eigenvalue weighted by atomic mass is 10.2. The number of thioether (sulfide) groups is 2. The number of nitriles is 1. The first-order valence-corrected chi connectivity index (χ1v) is 12.4. The van der Waals surface area contributed by atoms with Crippen molar-refractivity contribution < 1.29 is 9.21 Å². The standard InChI is InChI=1S/C21H19ClN4O2S3/c1-13(2)11-30-21-25-20(31-26-21)24-19(27)15(10-23)9-17-7-8-18(28-17)29-12-14-3-5-16(22)6-4-14/h3-9,13H,11-12H2,1-2H3,(H,24,25,26,27)/b15-9-. The molecular weight excluding hydrogens is 472 g/mol. The average Bonchev–Trinajstić information content (AvgIpc) is 3.39. The van der Waals surface area contributed by atoms with Crippen LogP contribution in [0.2, 0.25) is 5.02 Å². The van der Waals surface area contributed by atoms with E-state index in [0.717, 1.165) is 22.8 Å². The van der Waals surface area contributed by atoms with Crippen LogP contribution in [0.3, 0.4) is 0 Å². The van der Waals surface area contributed by atoms with Crippen molar-refractivity contribution in [2.75, 3.05) is 11.1 Å². The molecule has 0 fully saturated rings. The molecule has 1 amide bonds. The van der Waals surface area contributed by atoms with Crippen molar-refractivity contribution in [3.8, 4) is 6.07 Å². The van der Waals surface area contributed by atoms with Crippen molar-refractivity contribution in [1.29, 1.82) is 5.26 Å². The van der Waals surface area contributed by atoms with E-state index in [1.165, 1.54) is 29.6 Å². The van der Waals surface area contributed by atoms with Gasteiger partial charge in [-0.2, -0.15) is 14.6 Å². The summed E-state index contributed by atoms with van der Waals surface area (Å²) in [5.41, 5.74) is 1.04. The highest BCUT2D eigenvalue weighted by Crippen LogP contribution is 2.27. The molecule has 0 unspecified atom stereocenters. The Kier molecular flexibility index (Phi) is 8.60. The van der Waals surface area contributed by atoms with Crippen molar-refractivity contribution in [2.24, 2.45) is 5.92 Å². The highest BCUT2D eigenvalue weighted by Gasteiger charge is 2.14. The van der Waals surface area contributed by atoms with E-state index in [1.807, 2.05) is 36.4 Å². The summed E-state index contributed by atoms with van der Waals surface area (Å²) in [6, 6.07) is 13.0. The topological polar surface area (TPSA) is 91.8 Å². The summed E-state index contributed by atoms with van der Waals surface area (Å²) < 4.78 is 9.93. The highest BCUT2D eigenvalue weighted by molar-refractivity contribution is 7.99. The maximum absolute atomic E-state index is 12.4. The van der Waals surface area contributed by atoms with Crippen LogP contribution in [0.15, 0.2) is 56.6 Å². The van der Waals surface area contributed by atoms with Gasteiger partial charge in [0.25, 0.3) is 5.91 Å². The number of benzene rings is 1. The third kappa shape index (κ3) is 7.43. The summed E-state index contributed by atoms with van der Waals surface area (Å²) in [6.07, 6.45) is 1.41. The van der Waals surface area contributed by atoms with Crippen LogP contribution in [0.4, 0.5) is 5.13 Å². The number of rotatable bonds is 9. The van der Waals surface area contributed by atoms with Crippen LogP contribution in [0.25, 0.3) is 6.08 Å². The maximum Gasteiger partial charge on any atom is 0.268 e. The second kappa shape index (κ2) is 11.4. The van der Waals surface area contributed by atoms with Crippen LogP contribution in [0.5, 0.6) is 0 Å². The minimum absolute atomic E-state index is 0.0739. The van der Waals surface area contributed by atoms with E-state index in [0.29, 0.717) is 37.8 Å². The van der Waals surface area contributed by atoms with E-state index in [4.69, 9.17) is 16.0 Å². The lowest BCUT2D eigenvalue weighted by Crippen LogP contribution is -2.13. The van der Waals surface area contributed by atoms with Crippen molar-refractivity contribution in [3.05, 3.63) is 58.3 Å². The van der Waals surface area contributed by atoms with Gasteiger partial charge in [0.2, 0.25) is 10.3 Å². The molecule has 0 bridgehead atoms. The number of amides is 1. The van der Waals surface area contributed by atoms with Gasteiger partial charge in [-0.3, -0.25) is 10.1 Å². The molecule has 3 rings (SSSR count). The van der Waals surface area contributed by atoms with Gasteiger partial charge in [0.1, 0.15) is 17.4 Å². The Hall–Kier alpha value is -2.25. The number of nitrogens with one attached hydrogen (secondary N) is 1. The van der Waals surface area contributed by atoms with E-state index in [-0.39, 0.29) is 5.57 Å². The fraction of sp³-hybridized carbons (Fsp3) is 0.238. The molecule has 0 saturated carbocycles. The summed E-state index contributed by atoms with van der Waals surface area (Å²) in [5, 5.41) is 14.4. The van der Waals surface area contributed by atoms with Gasteiger partial charge < -0.3 is 4.42 Å². The third-order valence-corrected chi connectivity index (χ3v) is 6.98. The molecule has 2 aromatic heterocycles. The zero-order chi connectivity index (χ0) is 22.2. The first-order chi connectivity index (χ1) is 14.9. The van der Waals surface area contributed by atoms with E-state index in [1.54, 1.807) is 6.07 Å². The normalized spacial score (nSPS) is 11.5. The van der Waals surface area contributed by atoms with Crippen molar-refractivity contribution in [3.63, 3.8) is 0 Å². The largest absolute Gasteiger partial charge is 0.450 e. The summed E-state index contributed by atoms with van der Waals surface area (Å²) >= 11 is 10.0. The molecule has 0 atom stereocenters. The van der Waals surface area contributed by atoms with Crippen LogP contribution in [-0.2, 0) is 10.5 Å². The number of furan rings is 1. The molecule has 0 aliphatic heterocycles. The first-order valence-electron chi connectivity index (χ1n) is 9.29. The smallest absolute Gasteiger partial charge is 0.268 e. The number of nitrogens with zero attached hydrogens (tertiary/aromatic N) is 3. The molecular formula is C21H19ClN4O2S3. The molecule has 0 radical (unpaired) electrons. The van der Waals surface area contributed by atoms with Crippen LogP contribution in [-0.4, -0.2) is 21.0 Å². The van der Waals surface area contributed by atoms with Crippen LogP contribution in [0, 0.1) is 17.2 Å². The van der Waals surface area contributed by atoms with Crippen molar-refractivity contribution in [1.82, 2.24) is 9.36 Å². The number of halogens is 1. The van der Waals surface area contributed by atoms with Gasteiger partial charge in [-0.25, -0.2) is 0 Å². The minimum Gasteiger partial charge on any atom is -0.450 e. The Morgan fingerprint density at radius 3 is 2.77 bits per heavy atom. The summed E-state index contributed by atoms with van der Waals surface area (Å²) in [7, 11) is 0. The molecule has 6 nitrogen and oxygen atoms in total. The van der Waals surface area contributed by atoms with E-state index < -0.39 is 5.91 Å². The molecule has 31 heavy (non-hydrogen) atoms. The summed E-state index contributed by atoms with van der Waals surface area (Å²) in [4.78, 5) is 16.7.